The fourth-order valence-electron chi connectivity index (χ4n) is 3.02. The molecule has 1 fully saturated rings. The van der Waals surface area contributed by atoms with Crippen molar-refractivity contribution < 1.29 is 18.3 Å². The van der Waals surface area contributed by atoms with E-state index in [2.05, 4.69) is 5.32 Å². The average molecular weight is 374 g/mol. The Morgan fingerprint density at radius 3 is 2.54 bits per heavy atom. The average Bonchev–Trinajstić information content (AvgIpc) is 2.64. The predicted octanol–water partition coefficient (Wildman–Crippen LogP) is 2.65. The van der Waals surface area contributed by atoms with Crippen molar-refractivity contribution in [2.45, 2.75) is 29.6 Å². The number of anilines is 1. The molecule has 3 rings (SSSR count). The summed E-state index contributed by atoms with van der Waals surface area (Å²) in [4.78, 5) is 14.3. The van der Waals surface area contributed by atoms with Crippen LogP contribution in [-0.2, 0) is 15.6 Å². The molecule has 0 radical (unpaired) electrons. The van der Waals surface area contributed by atoms with Crippen LogP contribution in [0.15, 0.2) is 59.5 Å². The number of para-hydroxylation sites is 1. The van der Waals surface area contributed by atoms with E-state index in [1.54, 1.807) is 59.5 Å². The zero-order chi connectivity index (χ0) is 18.6. The Hall–Kier alpha value is -2.38. The molecule has 2 N–H and O–H groups in total. The van der Waals surface area contributed by atoms with E-state index in [1.165, 1.54) is 0 Å². The standard InChI is InChI=1S/C19H22N2O4S/c22-16-8-6-12-21(13-16)19(23)20-18-11-5-4-7-15(18)14-26(24,25)17-9-2-1-3-10-17/h1-5,7,9-11,16,22H,6,8,12-14H2,(H,20,23). The smallest absolute Gasteiger partial charge is 0.321 e. The monoisotopic (exact) mass is 374 g/mol. The number of aliphatic hydroxyl groups excluding tert-OH is 1. The molecule has 26 heavy (non-hydrogen) atoms. The first kappa shape index (κ1) is 18.4. The Morgan fingerprint density at radius 2 is 1.81 bits per heavy atom. The van der Waals surface area contributed by atoms with E-state index in [0.29, 0.717) is 24.2 Å². The van der Waals surface area contributed by atoms with E-state index in [-0.39, 0.29) is 23.2 Å². The number of urea groups is 1. The quantitative estimate of drug-likeness (QED) is 0.861. The second-order valence-electron chi connectivity index (χ2n) is 6.40. The van der Waals surface area contributed by atoms with Gasteiger partial charge >= 0.3 is 6.03 Å². The number of nitrogens with zero attached hydrogens (tertiary/aromatic N) is 1. The first-order chi connectivity index (χ1) is 12.5. The van der Waals surface area contributed by atoms with Crippen LogP contribution < -0.4 is 5.32 Å². The number of carbonyl (C=O) groups is 1. The molecule has 7 heteroatoms. The van der Waals surface area contributed by atoms with Crippen LogP contribution in [0.25, 0.3) is 0 Å². The third-order valence-electron chi connectivity index (χ3n) is 4.39. The van der Waals surface area contributed by atoms with Crippen LogP contribution in [-0.4, -0.2) is 43.6 Å². The Kier molecular flexibility index (Phi) is 5.58. The molecule has 6 nitrogen and oxygen atoms in total. The first-order valence-electron chi connectivity index (χ1n) is 8.55. The number of hydrogen-bond donors (Lipinski definition) is 2. The van der Waals surface area contributed by atoms with Gasteiger partial charge in [-0.25, -0.2) is 13.2 Å². The first-order valence-corrected chi connectivity index (χ1v) is 10.2. The van der Waals surface area contributed by atoms with Gasteiger partial charge in [-0.3, -0.25) is 0 Å². The van der Waals surface area contributed by atoms with Gasteiger partial charge in [-0.2, -0.15) is 0 Å². The molecule has 1 saturated heterocycles. The van der Waals surface area contributed by atoms with Gasteiger partial charge in [-0.05, 0) is 36.6 Å². The molecule has 1 aliphatic heterocycles. The van der Waals surface area contributed by atoms with Crippen LogP contribution >= 0.6 is 0 Å². The van der Waals surface area contributed by atoms with Gasteiger partial charge in [0.05, 0.1) is 16.8 Å². The Balaban J connectivity index is 1.77. The van der Waals surface area contributed by atoms with E-state index in [9.17, 15) is 18.3 Å². The number of nitrogens with one attached hydrogen (secondary N) is 1. The van der Waals surface area contributed by atoms with Crippen molar-refractivity contribution in [3.8, 4) is 0 Å². The van der Waals surface area contributed by atoms with E-state index in [0.717, 1.165) is 6.42 Å². The number of sulfone groups is 1. The number of rotatable bonds is 4. The van der Waals surface area contributed by atoms with Gasteiger partial charge in [0, 0.05) is 18.8 Å². The second kappa shape index (κ2) is 7.88. The van der Waals surface area contributed by atoms with Crippen molar-refractivity contribution in [3.63, 3.8) is 0 Å². The lowest BCUT2D eigenvalue weighted by Gasteiger charge is -2.30. The molecule has 2 aromatic carbocycles. The van der Waals surface area contributed by atoms with Crippen LogP contribution in [0.3, 0.4) is 0 Å². The number of amides is 2. The Morgan fingerprint density at radius 1 is 1.12 bits per heavy atom. The second-order valence-corrected chi connectivity index (χ2v) is 8.39. The highest BCUT2D eigenvalue weighted by atomic mass is 32.2. The van der Waals surface area contributed by atoms with Crippen molar-refractivity contribution in [2.24, 2.45) is 0 Å². The molecule has 0 aromatic heterocycles. The van der Waals surface area contributed by atoms with Crippen molar-refractivity contribution >= 4 is 21.6 Å². The number of piperidine rings is 1. The molecule has 138 valence electrons. The summed E-state index contributed by atoms with van der Waals surface area (Å²) in [5.41, 5.74) is 0.999. The maximum absolute atomic E-state index is 12.6. The molecule has 0 saturated carbocycles. The van der Waals surface area contributed by atoms with Crippen LogP contribution in [0, 0.1) is 0 Å². The van der Waals surface area contributed by atoms with E-state index >= 15 is 0 Å². The van der Waals surface area contributed by atoms with Crippen molar-refractivity contribution in [2.75, 3.05) is 18.4 Å². The fourth-order valence-corrected chi connectivity index (χ4v) is 4.42. The topological polar surface area (TPSA) is 86.7 Å². The molecule has 0 bridgehead atoms. The van der Waals surface area contributed by atoms with E-state index < -0.39 is 15.9 Å². The molecular weight excluding hydrogens is 352 g/mol. The number of carbonyl (C=O) groups excluding carboxylic acids is 1. The lowest BCUT2D eigenvalue weighted by atomic mass is 10.1. The van der Waals surface area contributed by atoms with E-state index in [4.69, 9.17) is 0 Å². The van der Waals surface area contributed by atoms with Crippen LogP contribution in [0.5, 0.6) is 0 Å². The molecule has 1 unspecified atom stereocenters. The summed E-state index contributed by atoms with van der Waals surface area (Å²) in [6.45, 7) is 0.865. The van der Waals surface area contributed by atoms with Gasteiger partial charge in [0.2, 0.25) is 0 Å². The van der Waals surface area contributed by atoms with Crippen molar-refractivity contribution in [1.29, 1.82) is 0 Å². The minimum absolute atomic E-state index is 0.198. The highest BCUT2D eigenvalue weighted by molar-refractivity contribution is 7.90. The molecule has 1 atom stereocenters. The van der Waals surface area contributed by atoms with Gasteiger partial charge in [0.1, 0.15) is 0 Å². The van der Waals surface area contributed by atoms with Gasteiger partial charge in [0.15, 0.2) is 9.84 Å². The lowest BCUT2D eigenvalue weighted by molar-refractivity contribution is 0.0883. The molecular formula is C19H22N2O4S. The van der Waals surface area contributed by atoms with Crippen LogP contribution in [0.4, 0.5) is 10.5 Å². The third-order valence-corrected chi connectivity index (χ3v) is 6.07. The lowest BCUT2D eigenvalue weighted by Crippen LogP contribution is -2.44. The highest BCUT2D eigenvalue weighted by Gasteiger charge is 2.23. The molecule has 2 aromatic rings. The normalized spacial score (nSPS) is 17.7. The zero-order valence-electron chi connectivity index (χ0n) is 14.3. The molecule has 0 aliphatic carbocycles. The van der Waals surface area contributed by atoms with E-state index in [1.807, 2.05) is 0 Å². The Labute approximate surface area is 153 Å². The molecule has 1 aliphatic rings. The summed E-state index contributed by atoms with van der Waals surface area (Å²) in [6, 6.07) is 14.8. The molecule has 1 heterocycles. The highest BCUT2D eigenvalue weighted by Crippen LogP contribution is 2.23. The Bertz CT molecular complexity index is 868. The number of aliphatic hydroxyl groups is 1. The predicted molar refractivity (Wildman–Crippen MR) is 99.6 cm³/mol. The zero-order valence-corrected chi connectivity index (χ0v) is 15.2. The third kappa shape index (κ3) is 4.42. The van der Waals surface area contributed by atoms with Gasteiger partial charge < -0.3 is 15.3 Å². The largest absolute Gasteiger partial charge is 0.391 e. The maximum Gasteiger partial charge on any atom is 0.321 e. The van der Waals surface area contributed by atoms with Gasteiger partial charge in [0.25, 0.3) is 0 Å². The summed E-state index contributed by atoms with van der Waals surface area (Å²) in [5, 5.41) is 12.5. The number of β-amino-alcohol motifs (C(OH)–C–C–N with tert-alkyl or cyclic N) is 1. The summed E-state index contributed by atoms with van der Waals surface area (Å²) >= 11 is 0. The van der Waals surface area contributed by atoms with Crippen molar-refractivity contribution in [3.05, 3.63) is 60.2 Å². The minimum Gasteiger partial charge on any atom is -0.391 e. The number of likely N-dealkylation sites (tertiary alicyclic amines) is 1. The molecule has 0 spiro atoms. The van der Waals surface area contributed by atoms with Gasteiger partial charge in [-0.1, -0.05) is 36.4 Å². The summed E-state index contributed by atoms with van der Waals surface area (Å²) < 4.78 is 25.3. The minimum atomic E-state index is -3.51. The van der Waals surface area contributed by atoms with Crippen LogP contribution in [0.2, 0.25) is 0 Å². The SMILES string of the molecule is O=C(Nc1ccccc1CS(=O)(=O)c1ccccc1)N1CCCC(O)C1. The number of benzene rings is 2. The van der Waals surface area contributed by atoms with Crippen molar-refractivity contribution in [1.82, 2.24) is 4.90 Å². The summed E-state index contributed by atoms with van der Waals surface area (Å²) in [7, 11) is -3.51. The van der Waals surface area contributed by atoms with Gasteiger partial charge in [-0.15, -0.1) is 0 Å². The summed E-state index contributed by atoms with van der Waals surface area (Å²) in [6.07, 6.45) is 0.928. The molecule has 2 amide bonds. The maximum atomic E-state index is 12.6. The van der Waals surface area contributed by atoms with Crippen LogP contribution in [0.1, 0.15) is 18.4 Å². The summed E-state index contributed by atoms with van der Waals surface area (Å²) in [5.74, 6) is -0.198. The number of hydrogen-bond acceptors (Lipinski definition) is 4. The fraction of sp³-hybridized carbons (Fsp3) is 0.316.